The van der Waals surface area contributed by atoms with Crippen LogP contribution in [0.4, 0.5) is 0 Å². The molecule has 0 aliphatic heterocycles. The third-order valence-corrected chi connectivity index (χ3v) is 7.41. The van der Waals surface area contributed by atoms with Gasteiger partial charge in [-0.3, -0.25) is 0 Å². The maximum Gasteiger partial charge on any atom is 0.163 e. The zero-order valence-corrected chi connectivity index (χ0v) is 21.1. The van der Waals surface area contributed by atoms with Crippen LogP contribution in [0.1, 0.15) is 19.2 Å². The molecule has 0 fully saturated rings. The molecule has 38 heavy (non-hydrogen) atoms. The molecule has 2 aromatic heterocycles. The highest BCUT2D eigenvalue weighted by atomic mass is 15.0. The van der Waals surface area contributed by atoms with Crippen molar-refractivity contribution in [3.8, 4) is 33.9 Å². The third-order valence-electron chi connectivity index (χ3n) is 7.41. The van der Waals surface area contributed by atoms with Crippen molar-refractivity contribution in [1.82, 2.24) is 19.9 Å². The van der Waals surface area contributed by atoms with Crippen LogP contribution in [0.25, 0.3) is 55.7 Å². The fourth-order valence-corrected chi connectivity index (χ4v) is 5.22. The zero-order chi connectivity index (χ0) is 25.5. The second-order valence-corrected chi connectivity index (χ2v) is 10.1. The van der Waals surface area contributed by atoms with E-state index in [9.17, 15) is 0 Å². The molecule has 0 radical (unpaired) electrons. The number of fused-ring (bicyclic) bond motifs is 3. The van der Waals surface area contributed by atoms with Crippen LogP contribution in [0.5, 0.6) is 0 Å². The Balaban J connectivity index is 1.29. The number of allylic oxidation sites excluding steroid dienone is 4. The molecule has 4 nitrogen and oxygen atoms in total. The van der Waals surface area contributed by atoms with Gasteiger partial charge in [0, 0.05) is 38.3 Å². The van der Waals surface area contributed by atoms with Gasteiger partial charge in [-0.1, -0.05) is 109 Å². The summed E-state index contributed by atoms with van der Waals surface area (Å²) in [5, 5.41) is 2.49. The van der Waals surface area contributed by atoms with E-state index in [1.807, 2.05) is 30.3 Å². The Kier molecular flexibility index (Phi) is 5.26. The fourth-order valence-electron chi connectivity index (χ4n) is 5.22. The molecule has 7 rings (SSSR count). The molecule has 0 saturated heterocycles. The maximum absolute atomic E-state index is 4.98. The van der Waals surface area contributed by atoms with Crippen LogP contribution in [0.3, 0.4) is 0 Å². The van der Waals surface area contributed by atoms with Gasteiger partial charge >= 0.3 is 0 Å². The molecular formula is C34H26N4. The van der Waals surface area contributed by atoms with E-state index >= 15 is 0 Å². The number of aromatic nitrogens is 4. The van der Waals surface area contributed by atoms with Gasteiger partial charge in [-0.2, -0.15) is 0 Å². The Labute approximate surface area is 221 Å². The Morgan fingerprint density at radius 3 is 2.03 bits per heavy atom. The molecule has 6 aromatic rings. The minimum absolute atomic E-state index is 0.273. The zero-order valence-electron chi connectivity index (χ0n) is 21.1. The number of para-hydroxylation sites is 1. The number of benzene rings is 4. The average Bonchev–Trinajstić information content (AvgIpc) is 3.36. The lowest BCUT2D eigenvalue weighted by atomic mass is 9.83. The summed E-state index contributed by atoms with van der Waals surface area (Å²) >= 11 is 0. The molecule has 4 aromatic carbocycles. The number of rotatable bonds is 4. The monoisotopic (exact) mass is 490 g/mol. The van der Waals surface area contributed by atoms with E-state index in [0.717, 1.165) is 40.0 Å². The summed E-state index contributed by atoms with van der Waals surface area (Å²) in [4.78, 5) is 18.4. The van der Waals surface area contributed by atoms with E-state index in [-0.39, 0.29) is 5.41 Å². The number of aromatic amines is 1. The highest BCUT2D eigenvalue weighted by Crippen LogP contribution is 2.33. The molecule has 1 aliphatic carbocycles. The van der Waals surface area contributed by atoms with Crippen molar-refractivity contribution >= 4 is 21.8 Å². The topological polar surface area (TPSA) is 54.5 Å². The molecule has 1 aliphatic rings. The quantitative estimate of drug-likeness (QED) is 0.270. The van der Waals surface area contributed by atoms with E-state index in [4.69, 9.17) is 15.0 Å². The summed E-state index contributed by atoms with van der Waals surface area (Å²) in [6, 6.07) is 33.7. The van der Waals surface area contributed by atoms with Gasteiger partial charge in [0.05, 0.1) is 0 Å². The molecule has 2 heterocycles. The van der Waals surface area contributed by atoms with Gasteiger partial charge < -0.3 is 4.98 Å². The fraction of sp³-hybridized carbons (Fsp3) is 0.0882. The summed E-state index contributed by atoms with van der Waals surface area (Å²) < 4.78 is 0. The van der Waals surface area contributed by atoms with Crippen molar-refractivity contribution in [3.05, 3.63) is 127 Å². The van der Waals surface area contributed by atoms with Crippen LogP contribution in [-0.2, 0) is 5.41 Å². The van der Waals surface area contributed by atoms with Gasteiger partial charge in [-0.25, -0.2) is 15.0 Å². The number of hydrogen-bond donors (Lipinski definition) is 1. The standard InChI is InChI=1S/C34H26N4/c1-34(20-8-3-9-21-34)33-37-31(24-10-4-2-5-11-24)36-32(38-33)25-16-14-23(15-17-25)26-18-19-28-27-12-6-7-13-29(27)35-30(28)22-26/h2-20,22,35H,21H2,1H3. The second kappa shape index (κ2) is 8.93. The Morgan fingerprint density at radius 1 is 0.605 bits per heavy atom. The minimum Gasteiger partial charge on any atom is -0.354 e. The molecule has 4 heteroatoms. The number of nitrogens with one attached hydrogen (secondary N) is 1. The second-order valence-electron chi connectivity index (χ2n) is 10.1. The highest BCUT2D eigenvalue weighted by molar-refractivity contribution is 6.08. The first-order valence-corrected chi connectivity index (χ1v) is 12.9. The average molecular weight is 491 g/mol. The van der Waals surface area contributed by atoms with Crippen LogP contribution < -0.4 is 0 Å². The number of nitrogens with zero attached hydrogens (tertiary/aromatic N) is 3. The van der Waals surface area contributed by atoms with Gasteiger partial charge in [-0.05, 0) is 36.6 Å². The highest BCUT2D eigenvalue weighted by Gasteiger charge is 2.28. The Bertz CT molecular complexity index is 1850. The van der Waals surface area contributed by atoms with Gasteiger partial charge in [0.15, 0.2) is 11.6 Å². The summed E-state index contributed by atoms with van der Waals surface area (Å²) in [7, 11) is 0. The number of H-pyrrole nitrogens is 1. The van der Waals surface area contributed by atoms with Gasteiger partial charge in [-0.15, -0.1) is 0 Å². The van der Waals surface area contributed by atoms with Gasteiger partial charge in [0.2, 0.25) is 0 Å². The van der Waals surface area contributed by atoms with Crippen molar-refractivity contribution in [2.75, 3.05) is 0 Å². The predicted molar refractivity (Wildman–Crippen MR) is 156 cm³/mol. The van der Waals surface area contributed by atoms with E-state index < -0.39 is 0 Å². The van der Waals surface area contributed by atoms with Crippen molar-refractivity contribution in [3.63, 3.8) is 0 Å². The van der Waals surface area contributed by atoms with E-state index in [1.54, 1.807) is 0 Å². The Hall–Kier alpha value is -4.83. The molecule has 0 spiro atoms. The molecule has 0 amide bonds. The van der Waals surface area contributed by atoms with Crippen LogP contribution in [0, 0.1) is 0 Å². The van der Waals surface area contributed by atoms with Crippen LogP contribution >= 0.6 is 0 Å². The smallest absolute Gasteiger partial charge is 0.163 e. The van der Waals surface area contributed by atoms with Gasteiger partial charge in [0.25, 0.3) is 0 Å². The normalized spacial score (nSPS) is 16.9. The molecule has 1 unspecified atom stereocenters. The van der Waals surface area contributed by atoms with Crippen molar-refractivity contribution < 1.29 is 0 Å². The largest absolute Gasteiger partial charge is 0.354 e. The molecule has 0 saturated carbocycles. The lowest BCUT2D eigenvalue weighted by Crippen LogP contribution is -2.24. The van der Waals surface area contributed by atoms with E-state index in [0.29, 0.717) is 11.6 Å². The number of hydrogen-bond acceptors (Lipinski definition) is 3. The summed E-state index contributed by atoms with van der Waals surface area (Å²) in [5.41, 5.74) is 6.31. The van der Waals surface area contributed by atoms with Gasteiger partial charge in [0.1, 0.15) is 5.82 Å². The van der Waals surface area contributed by atoms with Crippen LogP contribution in [0.2, 0.25) is 0 Å². The molecule has 1 N–H and O–H groups in total. The summed E-state index contributed by atoms with van der Waals surface area (Å²) in [5.74, 6) is 2.18. The predicted octanol–water partition coefficient (Wildman–Crippen LogP) is 8.28. The summed E-state index contributed by atoms with van der Waals surface area (Å²) in [6.07, 6.45) is 9.37. The van der Waals surface area contributed by atoms with Crippen LogP contribution in [-0.4, -0.2) is 19.9 Å². The van der Waals surface area contributed by atoms with E-state index in [1.165, 1.54) is 16.3 Å². The molecular weight excluding hydrogens is 464 g/mol. The molecule has 1 atom stereocenters. The SMILES string of the molecule is CC1(c2nc(-c3ccccc3)nc(-c3ccc(-c4ccc5c(c4)[nH]c4ccccc45)cc3)n2)C=CC=CC1. The van der Waals surface area contributed by atoms with Crippen molar-refractivity contribution in [2.45, 2.75) is 18.8 Å². The van der Waals surface area contributed by atoms with E-state index in [2.05, 4.69) is 103 Å². The molecule has 182 valence electrons. The lowest BCUT2D eigenvalue weighted by molar-refractivity contribution is 0.554. The summed E-state index contributed by atoms with van der Waals surface area (Å²) in [6.45, 7) is 2.18. The minimum atomic E-state index is -0.273. The molecule has 0 bridgehead atoms. The maximum atomic E-state index is 4.98. The lowest BCUT2D eigenvalue weighted by Gasteiger charge is -2.25. The first-order chi connectivity index (χ1) is 18.7. The van der Waals surface area contributed by atoms with Crippen molar-refractivity contribution in [2.24, 2.45) is 0 Å². The Morgan fingerprint density at radius 2 is 1.26 bits per heavy atom. The first-order valence-electron chi connectivity index (χ1n) is 12.9. The third kappa shape index (κ3) is 3.91. The van der Waals surface area contributed by atoms with Crippen LogP contribution in [0.15, 0.2) is 121 Å². The first kappa shape index (κ1) is 22.4. The van der Waals surface area contributed by atoms with Crippen molar-refractivity contribution in [1.29, 1.82) is 0 Å².